The van der Waals surface area contributed by atoms with Gasteiger partial charge in [0, 0.05) is 43.2 Å². The van der Waals surface area contributed by atoms with E-state index < -0.39 is 0 Å². The van der Waals surface area contributed by atoms with Crippen molar-refractivity contribution in [2.45, 2.75) is 43.3 Å². The Bertz CT molecular complexity index is 822. The molecule has 1 atom stereocenters. The summed E-state index contributed by atoms with van der Waals surface area (Å²) in [6, 6.07) is 8.09. The molecule has 3 heterocycles. The molecule has 2 fully saturated rings. The fourth-order valence-electron chi connectivity index (χ4n) is 4.67. The standard InChI is InChI=1S/C24H34N4O2S/c1-29-22-8-5-9-23(30-2)20(22)18-28-14-6-7-19(17-28)21-10-11-25-24(26-21)31-16-15-27-12-3-4-13-27/h5,8-11,19H,3-4,6-7,12-18H2,1-2H3/t19-/m0/s1. The predicted molar refractivity (Wildman–Crippen MR) is 125 cm³/mol. The molecule has 2 aliphatic rings. The van der Waals surface area contributed by atoms with Crippen molar-refractivity contribution in [3.8, 4) is 11.5 Å². The second kappa shape index (κ2) is 11.2. The van der Waals surface area contributed by atoms with Crippen LogP contribution in [-0.4, -0.2) is 72.5 Å². The van der Waals surface area contributed by atoms with Gasteiger partial charge in [0.1, 0.15) is 11.5 Å². The minimum atomic E-state index is 0.440. The number of aromatic nitrogens is 2. The lowest BCUT2D eigenvalue weighted by molar-refractivity contribution is 0.193. The molecule has 168 valence electrons. The van der Waals surface area contributed by atoms with E-state index in [1.807, 2.05) is 24.4 Å². The lowest BCUT2D eigenvalue weighted by Gasteiger charge is -2.33. The Kier molecular flexibility index (Phi) is 8.05. The van der Waals surface area contributed by atoms with Crippen LogP contribution < -0.4 is 9.47 Å². The van der Waals surface area contributed by atoms with Gasteiger partial charge in [0.15, 0.2) is 5.16 Å². The monoisotopic (exact) mass is 442 g/mol. The number of piperidine rings is 1. The maximum atomic E-state index is 5.60. The Labute approximate surface area is 190 Å². The molecule has 2 aromatic rings. The van der Waals surface area contributed by atoms with E-state index in [0.29, 0.717) is 5.92 Å². The SMILES string of the molecule is COc1cccc(OC)c1CN1CCC[C@H](c2ccnc(SCCN3CCCC3)n2)C1. The minimum absolute atomic E-state index is 0.440. The summed E-state index contributed by atoms with van der Waals surface area (Å²) in [6.45, 7) is 6.53. The zero-order chi connectivity index (χ0) is 21.5. The average molecular weight is 443 g/mol. The van der Waals surface area contributed by atoms with Crippen LogP contribution in [0.3, 0.4) is 0 Å². The van der Waals surface area contributed by atoms with Crippen LogP contribution in [0.5, 0.6) is 11.5 Å². The number of nitrogens with zero attached hydrogens (tertiary/aromatic N) is 4. The molecule has 4 rings (SSSR count). The van der Waals surface area contributed by atoms with Crippen molar-refractivity contribution in [3.05, 3.63) is 41.7 Å². The van der Waals surface area contributed by atoms with E-state index in [1.54, 1.807) is 26.0 Å². The Morgan fingerprint density at radius 1 is 1.00 bits per heavy atom. The third kappa shape index (κ3) is 5.90. The van der Waals surface area contributed by atoms with Gasteiger partial charge in [0.25, 0.3) is 0 Å². The first kappa shape index (κ1) is 22.4. The molecule has 0 aliphatic carbocycles. The van der Waals surface area contributed by atoms with Gasteiger partial charge in [0.2, 0.25) is 0 Å². The van der Waals surface area contributed by atoms with E-state index in [0.717, 1.165) is 54.2 Å². The van der Waals surface area contributed by atoms with E-state index in [9.17, 15) is 0 Å². The fourth-order valence-corrected chi connectivity index (χ4v) is 5.51. The van der Waals surface area contributed by atoms with Crippen molar-refractivity contribution >= 4 is 11.8 Å². The van der Waals surface area contributed by atoms with Crippen LogP contribution in [-0.2, 0) is 6.54 Å². The van der Waals surface area contributed by atoms with Crippen molar-refractivity contribution in [1.82, 2.24) is 19.8 Å². The quantitative estimate of drug-likeness (QED) is 0.429. The van der Waals surface area contributed by atoms with Crippen molar-refractivity contribution in [2.24, 2.45) is 0 Å². The van der Waals surface area contributed by atoms with Crippen LogP contribution in [0.2, 0.25) is 0 Å². The minimum Gasteiger partial charge on any atom is -0.496 e. The summed E-state index contributed by atoms with van der Waals surface area (Å²) in [5.41, 5.74) is 2.30. The van der Waals surface area contributed by atoms with E-state index in [4.69, 9.17) is 14.5 Å². The first-order valence-corrected chi connectivity index (χ1v) is 12.4. The molecule has 0 spiro atoms. The fraction of sp³-hybridized carbons (Fsp3) is 0.583. The largest absolute Gasteiger partial charge is 0.496 e. The van der Waals surface area contributed by atoms with Crippen molar-refractivity contribution in [1.29, 1.82) is 0 Å². The van der Waals surface area contributed by atoms with Gasteiger partial charge in [-0.25, -0.2) is 9.97 Å². The predicted octanol–water partition coefficient (Wildman–Crippen LogP) is 4.06. The molecule has 1 aromatic heterocycles. The number of methoxy groups -OCH3 is 2. The number of hydrogen-bond acceptors (Lipinski definition) is 7. The van der Waals surface area contributed by atoms with Crippen LogP contribution in [0, 0.1) is 0 Å². The van der Waals surface area contributed by atoms with Gasteiger partial charge in [0.05, 0.1) is 19.8 Å². The van der Waals surface area contributed by atoms with E-state index in [1.165, 1.54) is 44.5 Å². The first-order chi connectivity index (χ1) is 15.3. The van der Waals surface area contributed by atoms with Crippen LogP contribution in [0.4, 0.5) is 0 Å². The first-order valence-electron chi connectivity index (χ1n) is 11.4. The molecule has 0 unspecified atom stereocenters. The highest BCUT2D eigenvalue weighted by molar-refractivity contribution is 7.99. The molecule has 2 saturated heterocycles. The second-order valence-corrected chi connectivity index (χ2v) is 9.44. The second-order valence-electron chi connectivity index (χ2n) is 8.38. The van der Waals surface area contributed by atoms with Crippen LogP contribution in [0.1, 0.15) is 42.9 Å². The molecular formula is C24H34N4O2S. The van der Waals surface area contributed by atoms with Gasteiger partial charge < -0.3 is 14.4 Å². The smallest absolute Gasteiger partial charge is 0.187 e. The molecule has 0 bridgehead atoms. The number of ether oxygens (including phenoxy) is 2. The third-order valence-corrected chi connectivity index (χ3v) is 7.17. The lowest BCUT2D eigenvalue weighted by atomic mass is 9.94. The molecule has 7 heteroatoms. The molecule has 0 N–H and O–H groups in total. The molecule has 2 aliphatic heterocycles. The van der Waals surface area contributed by atoms with E-state index >= 15 is 0 Å². The van der Waals surface area contributed by atoms with Gasteiger partial charge in [-0.3, -0.25) is 4.90 Å². The summed E-state index contributed by atoms with van der Waals surface area (Å²) < 4.78 is 11.2. The zero-order valence-corrected chi connectivity index (χ0v) is 19.6. The Balaban J connectivity index is 1.37. The maximum absolute atomic E-state index is 5.60. The number of rotatable bonds is 9. The van der Waals surface area contributed by atoms with E-state index in [2.05, 4.69) is 20.9 Å². The van der Waals surface area contributed by atoms with Crippen molar-refractivity contribution < 1.29 is 9.47 Å². The summed E-state index contributed by atoms with van der Waals surface area (Å²) in [6.07, 6.45) is 6.96. The zero-order valence-electron chi connectivity index (χ0n) is 18.8. The number of thioether (sulfide) groups is 1. The average Bonchev–Trinajstić information content (AvgIpc) is 3.33. The molecular weight excluding hydrogens is 408 g/mol. The van der Waals surface area contributed by atoms with Gasteiger partial charge >= 0.3 is 0 Å². The van der Waals surface area contributed by atoms with Gasteiger partial charge in [-0.1, -0.05) is 17.8 Å². The highest BCUT2D eigenvalue weighted by atomic mass is 32.2. The normalized spacial score (nSPS) is 20.1. The Hall–Kier alpha value is -1.83. The lowest BCUT2D eigenvalue weighted by Crippen LogP contribution is -2.34. The van der Waals surface area contributed by atoms with Crippen LogP contribution in [0.15, 0.2) is 35.6 Å². The van der Waals surface area contributed by atoms with Gasteiger partial charge in [-0.05, 0) is 63.5 Å². The summed E-state index contributed by atoms with van der Waals surface area (Å²) >= 11 is 1.79. The Morgan fingerprint density at radius 3 is 2.48 bits per heavy atom. The molecule has 31 heavy (non-hydrogen) atoms. The van der Waals surface area contributed by atoms with Gasteiger partial charge in [-0.15, -0.1) is 0 Å². The highest BCUT2D eigenvalue weighted by Gasteiger charge is 2.24. The molecule has 0 radical (unpaired) electrons. The molecule has 0 saturated carbocycles. The Morgan fingerprint density at radius 2 is 1.74 bits per heavy atom. The van der Waals surface area contributed by atoms with Crippen LogP contribution >= 0.6 is 11.8 Å². The highest BCUT2D eigenvalue weighted by Crippen LogP contribution is 2.33. The van der Waals surface area contributed by atoms with Crippen molar-refractivity contribution in [3.63, 3.8) is 0 Å². The third-order valence-electron chi connectivity index (χ3n) is 6.33. The molecule has 6 nitrogen and oxygen atoms in total. The topological polar surface area (TPSA) is 50.7 Å². The molecule has 0 amide bonds. The molecule has 1 aromatic carbocycles. The maximum Gasteiger partial charge on any atom is 0.187 e. The number of benzene rings is 1. The summed E-state index contributed by atoms with van der Waals surface area (Å²) in [5, 5.41) is 0.917. The van der Waals surface area contributed by atoms with E-state index in [-0.39, 0.29) is 0 Å². The van der Waals surface area contributed by atoms with Crippen LogP contribution in [0.25, 0.3) is 0 Å². The number of hydrogen-bond donors (Lipinski definition) is 0. The summed E-state index contributed by atoms with van der Waals surface area (Å²) in [7, 11) is 3.45. The summed E-state index contributed by atoms with van der Waals surface area (Å²) in [4.78, 5) is 14.5. The van der Waals surface area contributed by atoms with Gasteiger partial charge in [-0.2, -0.15) is 0 Å². The van der Waals surface area contributed by atoms with Crippen molar-refractivity contribution in [2.75, 3.05) is 52.7 Å². The summed E-state index contributed by atoms with van der Waals surface area (Å²) in [5.74, 6) is 3.28. The number of likely N-dealkylation sites (tertiary alicyclic amines) is 2.